The number of nitrogens with one attached hydrogen (secondary N) is 1. The maximum absolute atomic E-state index is 10.7. The summed E-state index contributed by atoms with van der Waals surface area (Å²) in [5.74, 6) is 0.392. The Morgan fingerprint density at radius 2 is 1.42 bits per heavy atom. The van der Waals surface area contributed by atoms with E-state index >= 15 is 0 Å². The van der Waals surface area contributed by atoms with Gasteiger partial charge in [0.05, 0.1) is 25.4 Å². The Morgan fingerprint density at radius 1 is 0.846 bits per heavy atom. The van der Waals surface area contributed by atoms with Crippen LogP contribution >= 0.6 is 0 Å². The van der Waals surface area contributed by atoms with E-state index in [-0.39, 0.29) is 12.2 Å². The number of aliphatic hydroxyl groups excluding tert-OH is 1. The molecule has 0 aromatic heterocycles. The molecule has 4 nitrogen and oxygen atoms in total. The molecule has 0 radical (unpaired) electrons. The molecule has 5 atom stereocenters. The molecule has 1 aliphatic carbocycles. The zero-order chi connectivity index (χ0) is 17.8. The van der Waals surface area contributed by atoms with Gasteiger partial charge in [-0.1, -0.05) is 60.7 Å². The minimum absolute atomic E-state index is 0.0948. The summed E-state index contributed by atoms with van der Waals surface area (Å²) in [6.07, 6.45) is 0.909. The van der Waals surface area contributed by atoms with Crippen LogP contribution in [-0.2, 0) is 22.7 Å². The number of fused-ring (bicyclic) bond motifs is 1. The van der Waals surface area contributed by atoms with Crippen LogP contribution in [0.1, 0.15) is 24.0 Å². The van der Waals surface area contributed by atoms with E-state index in [0.717, 1.165) is 30.5 Å². The SMILES string of the molecule is O[C@@H]1C[C@@H]2NCC[C@@H]2[C@H](OCc2ccccc2)[C@@H]1OCc1ccccc1. The fourth-order valence-electron chi connectivity index (χ4n) is 4.25. The number of benzene rings is 2. The molecule has 138 valence electrons. The van der Waals surface area contributed by atoms with E-state index < -0.39 is 6.10 Å². The predicted octanol–water partition coefficient (Wildman–Crippen LogP) is 2.90. The fourth-order valence-corrected chi connectivity index (χ4v) is 4.25. The number of rotatable bonds is 6. The summed E-state index contributed by atoms with van der Waals surface area (Å²) in [4.78, 5) is 0. The normalized spacial score (nSPS) is 30.9. The summed E-state index contributed by atoms with van der Waals surface area (Å²) in [5.41, 5.74) is 2.27. The van der Waals surface area contributed by atoms with Crippen LogP contribution in [0.25, 0.3) is 0 Å². The van der Waals surface area contributed by atoms with E-state index in [1.54, 1.807) is 0 Å². The van der Waals surface area contributed by atoms with Crippen molar-refractivity contribution in [1.82, 2.24) is 5.32 Å². The highest BCUT2D eigenvalue weighted by Gasteiger charge is 2.47. The van der Waals surface area contributed by atoms with Crippen LogP contribution in [0.5, 0.6) is 0 Å². The van der Waals surface area contributed by atoms with E-state index in [4.69, 9.17) is 9.47 Å². The first-order valence-electron chi connectivity index (χ1n) is 9.54. The van der Waals surface area contributed by atoms with Crippen LogP contribution in [0.3, 0.4) is 0 Å². The summed E-state index contributed by atoms with van der Waals surface area (Å²) in [7, 11) is 0. The first-order chi connectivity index (χ1) is 12.8. The molecule has 1 saturated carbocycles. The second-order valence-corrected chi connectivity index (χ2v) is 7.34. The van der Waals surface area contributed by atoms with Gasteiger partial charge in [0.15, 0.2) is 0 Å². The lowest BCUT2D eigenvalue weighted by Gasteiger charge is -2.42. The van der Waals surface area contributed by atoms with Gasteiger partial charge in [-0.15, -0.1) is 0 Å². The van der Waals surface area contributed by atoms with Crippen molar-refractivity contribution in [2.45, 2.75) is 50.4 Å². The van der Waals surface area contributed by atoms with Crippen molar-refractivity contribution in [2.75, 3.05) is 6.54 Å². The first kappa shape index (κ1) is 17.7. The molecule has 0 amide bonds. The Bertz CT molecular complexity index is 678. The minimum atomic E-state index is -0.508. The van der Waals surface area contributed by atoms with Crippen molar-refractivity contribution in [3.63, 3.8) is 0 Å². The van der Waals surface area contributed by atoms with Crippen molar-refractivity contribution in [3.8, 4) is 0 Å². The van der Waals surface area contributed by atoms with Gasteiger partial charge in [0.2, 0.25) is 0 Å². The van der Waals surface area contributed by atoms with Gasteiger partial charge < -0.3 is 19.9 Å². The lowest BCUT2D eigenvalue weighted by atomic mass is 9.79. The van der Waals surface area contributed by atoms with Gasteiger partial charge in [-0.25, -0.2) is 0 Å². The van der Waals surface area contributed by atoms with Crippen molar-refractivity contribution in [3.05, 3.63) is 71.8 Å². The van der Waals surface area contributed by atoms with Crippen molar-refractivity contribution in [1.29, 1.82) is 0 Å². The Labute approximate surface area is 155 Å². The third-order valence-electron chi connectivity index (χ3n) is 5.59. The van der Waals surface area contributed by atoms with Gasteiger partial charge in [0, 0.05) is 12.0 Å². The highest BCUT2D eigenvalue weighted by molar-refractivity contribution is 5.15. The maximum Gasteiger partial charge on any atom is 0.110 e. The second-order valence-electron chi connectivity index (χ2n) is 7.34. The maximum atomic E-state index is 10.7. The highest BCUT2D eigenvalue weighted by atomic mass is 16.5. The molecule has 2 aromatic carbocycles. The van der Waals surface area contributed by atoms with Gasteiger partial charge in [0.25, 0.3) is 0 Å². The highest BCUT2D eigenvalue weighted by Crippen LogP contribution is 2.36. The van der Waals surface area contributed by atoms with E-state index in [2.05, 4.69) is 29.6 Å². The molecule has 2 N–H and O–H groups in total. The van der Waals surface area contributed by atoms with Gasteiger partial charge in [-0.2, -0.15) is 0 Å². The second kappa shape index (κ2) is 8.31. The molecule has 0 unspecified atom stereocenters. The van der Waals surface area contributed by atoms with E-state index in [0.29, 0.717) is 25.2 Å². The lowest BCUT2D eigenvalue weighted by molar-refractivity contribution is -0.173. The van der Waals surface area contributed by atoms with Crippen molar-refractivity contribution >= 4 is 0 Å². The van der Waals surface area contributed by atoms with Crippen LogP contribution in [-0.4, -0.2) is 36.0 Å². The average Bonchev–Trinajstić information content (AvgIpc) is 3.14. The molecule has 1 saturated heterocycles. The van der Waals surface area contributed by atoms with Gasteiger partial charge in [0.1, 0.15) is 6.10 Å². The molecule has 1 heterocycles. The first-order valence-corrected chi connectivity index (χ1v) is 9.54. The molecule has 4 heteroatoms. The largest absolute Gasteiger partial charge is 0.390 e. The summed E-state index contributed by atoms with van der Waals surface area (Å²) in [5, 5.41) is 14.2. The Morgan fingerprint density at radius 3 is 2.04 bits per heavy atom. The van der Waals surface area contributed by atoms with E-state index in [9.17, 15) is 5.11 Å². The molecule has 2 fully saturated rings. The summed E-state index contributed by atoms with van der Waals surface area (Å²) >= 11 is 0. The average molecular weight is 353 g/mol. The molecule has 2 aliphatic rings. The molecule has 0 spiro atoms. The Hall–Kier alpha value is -1.72. The van der Waals surface area contributed by atoms with Crippen LogP contribution < -0.4 is 5.32 Å². The molecule has 26 heavy (non-hydrogen) atoms. The third-order valence-corrected chi connectivity index (χ3v) is 5.59. The molecular formula is C22H27NO3. The van der Waals surface area contributed by atoms with Crippen LogP contribution in [0.2, 0.25) is 0 Å². The Balaban J connectivity index is 1.46. The zero-order valence-corrected chi connectivity index (χ0v) is 15.0. The monoisotopic (exact) mass is 353 g/mol. The van der Waals surface area contributed by atoms with Gasteiger partial charge >= 0.3 is 0 Å². The number of hydrogen-bond donors (Lipinski definition) is 2. The number of ether oxygens (including phenoxy) is 2. The van der Waals surface area contributed by atoms with Crippen molar-refractivity contribution < 1.29 is 14.6 Å². The van der Waals surface area contributed by atoms with Gasteiger partial charge in [-0.3, -0.25) is 0 Å². The number of aliphatic hydroxyl groups is 1. The van der Waals surface area contributed by atoms with Gasteiger partial charge in [-0.05, 0) is 30.5 Å². The summed E-state index contributed by atoms with van der Waals surface area (Å²) < 4.78 is 12.5. The van der Waals surface area contributed by atoms with Crippen LogP contribution in [0, 0.1) is 5.92 Å². The summed E-state index contributed by atoms with van der Waals surface area (Å²) in [6.45, 7) is 2.03. The third kappa shape index (κ3) is 3.99. The fraction of sp³-hybridized carbons (Fsp3) is 0.455. The minimum Gasteiger partial charge on any atom is -0.390 e. The van der Waals surface area contributed by atoms with Crippen LogP contribution in [0.15, 0.2) is 60.7 Å². The Kier molecular flexibility index (Phi) is 5.65. The topological polar surface area (TPSA) is 50.7 Å². The molecule has 2 aromatic rings. The smallest absolute Gasteiger partial charge is 0.110 e. The molecule has 4 rings (SSSR count). The predicted molar refractivity (Wildman–Crippen MR) is 101 cm³/mol. The van der Waals surface area contributed by atoms with Crippen molar-refractivity contribution in [2.24, 2.45) is 5.92 Å². The molecule has 0 bridgehead atoms. The van der Waals surface area contributed by atoms with E-state index in [1.807, 2.05) is 36.4 Å². The molecular weight excluding hydrogens is 326 g/mol. The lowest BCUT2D eigenvalue weighted by Crippen LogP contribution is -2.55. The zero-order valence-electron chi connectivity index (χ0n) is 15.0. The quantitative estimate of drug-likeness (QED) is 0.838. The standard InChI is InChI=1S/C22H27NO3/c24-20-13-19-18(11-12-23-19)21(25-14-16-7-3-1-4-8-16)22(20)26-15-17-9-5-2-6-10-17/h1-10,18-24H,11-15H2/t18-,19-,20+,21-,22+/m0/s1. The molecule has 1 aliphatic heterocycles. The summed E-state index contributed by atoms with van der Waals surface area (Å²) in [6, 6.07) is 20.7. The van der Waals surface area contributed by atoms with E-state index in [1.165, 1.54) is 0 Å². The van der Waals surface area contributed by atoms with Crippen LogP contribution in [0.4, 0.5) is 0 Å². The number of hydrogen-bond acceptors (Lipinski definition) is 4.